The van der Waals surface area contributed by atoms with E-state index in [1.54, 1.807) is 6.20 Å². The average molecular weight is 319 g/mol. The zero-order valence-electron chi connectivity index (χ0n) is 13.8. The normalized spacial score (nSPS) is 11.3. The van der Waals surface area contributed by atoms with E-state index >= 15 is 0 Å². The monoisotopic (exact) mass is 319 g/mol. The van der Waals surface area contributed by atoms with E-state index in [1.807, 2.05) is 39.1 Å². The lowest BCUT2D eigenvalue weighted by molar-refractivity contribution is 0.393. The molecule has 0 saturated heterocycles. The predicted molar refractivity (Wildman–Crippen MR) is 90.6 cm³/mol. The molecule has 0 aliphatic rings. The fourth-order valence-electron chi connectivity index (χ4n) is 2.98. The van der Waals surface area contributed by atoms with Gasteiger partial charge >= 0.3 is 0 Å². The zero-order valence-corrected chi connectivity index (χ0v) is 13.8. The highest BCUT2D eigenvalue weighted by Gasteiger charge is 2.15. The van der Waals surface area contributed by atoms with Gasteiger partial charge in [-0.1, -0.05) is 11.2 Å². The van der Waals surface area contributed by atoms with E-state index in [1.165, 1.54) is 0 Å². The van der Waals surface area contributed by atoms with E-state index in [0.29, 0.717) is 0 Å². The maximum atomic E-state index is 5.25. The summed E-state index contributed by atoms with van der Waals surface area (Å²) in [5.41, 5.74) is 5.49. The van der Waals surface area contributed by atoms with Crippen LogP contribution in [0.3, 0.4) is 0 Å². The molecule has 0 aromatic carbocycles. The largest absolute Gasteiger partial charge is 0.361 e. The SMILES string of the molecule is Cc1noc(C)c1-c1ccc2c(n1)nc(C)n2Cc1cccnc1. The second-order valence-corrected chi connectivity index (χ2v) is 5.84. The molecule has 6 heteroatoms. The molecule has 4 aromatic heterocycles. The molecule has 24 heavy (non-hydrogen) atoms. The number of rotatable bonds is 3. The molecule has 0 unspecified atom stereocenters. The summed E-state index contributed by atoms with van der Waals surface area (Å²) in [7, 11) is 0. The molecule has 0 bridgehead atoms. The maximum Gasteiger partial charge on any atom is 0.178 e. The molecule has 0 amide bonds. The van der Waals surface area contributed by atoms with Gasteiger partial charge in [0.15, 0.2) is 5.65 Å². The van der Waals surface area contributed by atoms with Gasteiger partial charge in [0.05, 0.1) is 29.0 Å². The Labute approximate surface area is 139 Å². The van der Waals surface area contributed by atoms with Crippen LogP contribution in [0.2, 0.25) is 0 Å². The van der Waals surface area contributed by atoms with Crippen LogP contribution >= 0.6 is 0 Å². The van der Waals surface area contributed by atoms with Gasteiger partial charge in [0, 0.05) is 12.4 Å². The average Bonchev–Trinajstić information content (AvgIpc) is 3.07. The zero-order chi connectivity index (χ0) is 16.7. The van der Waals surface area contributed by atoms with Gasteiger partial charge in [-0.25, -0.2) is 9.97 Å². The molecule has 0 spiro atoms. The van der Waals surface area contributed by atoms with Crippen LogP contribution in [-0.4, -0.2) is 24.7 Å². The molecular weight excluding hydrogens is 302 g/mol. The molecule has 4 rings (SSSR count). The molecule has 0 N–H and O–H groups in total. The van der Waals surface area contributed by atoms with Crippen molar-refractivity contribution in [3.8, 4) is 11.3 Å². The summed E-state index contributed by atoms with van der Waals surface area (Å²) in [4.78, 5) is 13.5. The molecule has 4 aromatic rings. The Kier molecular flexibility index (Phi) is 3.37. The first-order valence-corrected chi connectivity index (χ1v) is 7.79. The third-order valence-electron chi connectivity index (χ3n) is 4.16. The van der Waals surface area contributed by atoms with Gasteiger partial charge in [-0.2, -0.15) is 0 Å². The standard InChI is InChI=1S/C18H17N5O/c1-11-17(12(2)24-22-11)15-6-7-16-18(21-15)20-13(3)23(16)10-14-5-4-8-19-9-14/h4-9H,10H2,1-3H3. The Morgan fingerprint density at radius 2 is 1.96 bits per heavy atom. The minimum absolute atomic E-state index is 0.725. The molecule has 0 aliphatic heterocycles. The van der Waals surface area contributed by atoms with Crippen molar-refractivity contribution in [2.75, 3.05) is 0 Å². The van der Waals surface area contributed by atoms with Gasteiger partial charge in [0.2, 0.25) is 0 Å². The number of nitrogens with zero attached hydrogens (tertiary/aromatic N) is 5. The maximum absolute atomic E-state index is 5.25. The third kappa shape index (κ3) is 2.36. The lowest BCUT2D eigenvalue weighted by Gasteiger charge is -2.06. The number of fused-ring (bicyclic) bond motifs is 1. The van der Waals surface area contributed by atoms with Crippen molar-refractivity contribution < 1.29 is 4.52 Å². The summed E-state index contributed by atoms with van der Waals surface area (Å²) in [6.07, 6.45) is 3.65. The second kappa shape index (κ2) is 5.56. The van der Waals surface area contributed by atoms with Crippen molar-refractivity contribution in [3.63, 3.8) is 0 Å². The highest BCUT2D eigenvalue weighted by Crippen LogP contribution is 2.27. The minimum Gasteiger partial charge on any atom is -0.361 e. The molecule has 120 valence electrons. The van der Waals surface area contributed by atoms with Crippen molar-refractivity contribution in [2.45, 2.75) is 27.3 Å². The topological polar surface area (TPSA) is 69.6 Å². The molecule has 4 heterocycles. The summed E-state index contributed by atoms with van der Waals surface area (Å²) in [5.74, 6) is 1.70. The Hall–Kier alpha value is -3.02. The summed E-state index contributed by atoms with van der Waals surface area (Å²) in [5, 5.41) is 4.00. The third-order valence-corrected chi connectivity index (χ3v) is 4.16. The van der Waals surface area contributed by atoms with Crippen LogP contribution in [0.5, 0.6) is 0 Å². The summed E-state index contributed by atoms with van der Waals surface area (Å²) < 4.78 is 7.40. The van der Waals surface area contributed by atoms with Gasteiger partial charge in [-0.3, -0.25) is 4.98 Å². The number of hydrogen-bond donors (Lipinski definition) is 0. The van der Waals surface area contributed by atoms with Crippen molar-refractivity contribution in [1.82, 2.24) is 24.7 Å². The van der Waals surface area contributed by atoms with E-state index in [-0.39, 0.29) is 0 Å². The Balaban J connectivity index is 1.80. The fraction of sp³-hybridized carbons (Fsp3) is 0.222. The van der Waals surface area contributed by atoms with E-state index in [0.717, 1.165) is 51.8 Å². The Morgan fingerprint density at radius 3 is 2.67 bits per heavy atom. The van der Waals surface area contributed by atoms with Crippen LogP contribution in [0.4, 0.5) is 0 Å². The molecule has 0 atom stereocenters. The van der Waals surface area contributed by atoms with Gasteiger partial charge < -0.3 is 9.09 Å². The first-order chi connectivity index (χ1) is 11.6. The summed E-state index contributed by atoms with van der Waals surface area (Å²) in [6.45, 7) is 6.54. The van der Waals surface area contributed by atoms with E-state index in [4.69, 9.17) is 9.51 Å². The van der Waals surface area contributed by atoms with Gasteiger partial charge in [0.1, 0.15) is 11.6 Å². The van der Waals surface area contributed by atoms with Crippen LogP contribution in [0.1, 0.15) is 22.8 Å². The van der Waals surface area contributed by atoms with E-state index in [9.17, 15) is 0 Å². The molecule has 0 fully saturated rings. The number of aryl methyl sites for hydroxylation is 3. The lowest BCUT2D eigenvalue weighted by Crippen LogP contribution is -2.02. The molecule has 0 radical (unpaired) electrons. The van der Waals surface area contributed by atoms with Crippen LogP contribution < -0.4 is 0 Å². The van der Waals surface area contributed by atoms with Crippen molar-refractivity contribution >= 4 is 11.2 Å². The van der Waals surface area contributed by atoms with Crippen LogP contribution in [0, 0.1) is 20.8 Å². The van der Waals surface area contributed by atoms with Gasteiger partial charge in [0.25, 0.3) is 0 Å². The number of imidazole rings is 1. The van der Waals surface area contributed by atoms with Crippen LogP contribution in [-0.2, 0) is 6.54 Å². The molecule has 6 nitrogen and oxygen atoms in total. The van der Waals surface area contributed by atoms with Crippen molar-refractivity contribution in [1.29, 1.82) is 0 Å². The lowest BCUT2D eigenvalue weighted by atomic mass is 10.1. The Bertz CT molecular complexity index is 997. The quantitative estimate of drug-likeness (QED) is 0.578. The minimum atomic E-state index is 0.725. The summed E-state index contributed by atoms with van der Waals surface area (Å²) in [6, 6.07) is 8.05. The second-order valence-electron chi connectivity index (χ2n) is 5.84. The van der Waals surface area contributed by atoms with E-state index < -0.39 is 0 Å². The van der Waals surface area contributed by atoms with Gasteiger partial charge in [-0.05, 0) is 44.5 Å². The van der Waals surface area contributed by atoms with Gasteiger partial charge in [-0.15, -0.1) is 0 Å². The highest BCUT2D eigenvalue weighted by atomic mass is 16.5. The fourth-order valence-corrected chi connectivity index (χ4v) is 2.98. The molecule has 0 aliphatic carbocycles. The summed E-state index contributed by atoms with van der Waals surface area (Å²) >= 11 is 0. The predicted octanol–water partition coefficient (Wildman–Crippen LogP) is 3.45. The highest BCUT2D eigenvalue weighted by molar-refractivity contribution is 5.77. The smallest absolute Gasteiger partial charge is 0.178 e. The first kappa shape index (κ1) is 14.6. The van der Waals surface area contributed by atoms with Crippen molar-refractivity contribution in [3.05, 3.63) is 59.5 Å². The molecular formula is C18H17N5O. The number of hydrogen-bond acceptors (Lipinski definition) is 5. The number of aromatic nitrogens is 5. The number of pyridine rings is 2. The van der Waals surface area contributed by atoms with Crippen LogP contribution in [0.25, 0.3) is 22.4 Å². The van der Waals surface area contributed by atoms with Crippen LogP contribution in [0.15, 0.2) is 41.2 Å². The molecule has 0 saturated carbocycles. The first-order valence-electron chi connectivity index (χ1n) is 7.79. The Morgan fingerprint density at radius 1 is 1.08 bits per heavy atom. The van der Waals surface area contributed by atoms with E-state index in [2.05, 4.69) is 31.8 Å². The van der Waals surface area contributed by atoms with Crippen molar-refractivity contribution in [2.24, 2.45) is 0 Å².